The van der Waals surface area contributed by atoms with Gasteiger partial charge in [-0.1, -0.05) is 50.3 Å². The van der Waals surface area contributed by atoms with E-state index in [4.69, 9.17) is 0 Å². The van der Waals surface area contributed by atoms with Crippen molar-refractivity contribution in [1.29, 1.82) is 0 Å². The first-order valence-corrected chi connectivity index (χ1v) is 5.73. The van der Waals surface area contributed by atoms with Gasteiger partial charge in [0.25, 0.3) is 0 Å². The van der Waals surface area contributed by atoms with E-state index in [0.717, 1.165) is 0 Å². The van der Waals surface area contributed by atoms with E-state index >= 15 is 0 Å². The average Bonchev–Trinajstić information content (AvgIpc) is 2.18. The molecule has 0 N–H and O–H groups in total. The molecule has 0 bridgehead atoms. The highest BCUT2D eigenvalue weighted by molar-refractivity contribution is 4.95. The molecular formula is C13H21. The van der Waals surface area contributed by atoms with Gasteiger partial charge in [0.1, 0.15) is 0 Å². The molecule has 13 heavy (non-hydrogen) atoms. The predicted octanol–water partition coefficient (Wildman–Crippen LogP) is 4.43. The van der Waals surface area contributed by atoms with Gasteiger partial charge >= 0.3 is 0 Å². The standard InChI is InChI=1S/C13H21/c1-2-4-6-8-10-12-13-11-9-7-5-3-1/h1-2,6H,3,5,7-13H2. The minimum Gasteiger partial charge on any atom is -0.0839 e. The van der Waals surface area contributed by atoms with E-state index in [1.807, 2.05) is 0 Å². The van der Waals surface area contributed by atoms with Crippen molar-refractivity contribution in [3.05, 3.63) is 24.3 Å². The summed E-state index contributed by atoms with van der Waals surface area (Å²) in [7, 11) is 0. The molecule has 0 aliphatic heterocycles. The molecule has 0 aromatic heterocycles. The van der Waals surface area contributed by atoms with Crippen LogP contribution in [0.2, 0.25) is 0 Å². The summed E-state index contributed by atoms with van der Waals surface area (Å²) in [5.41, 5.74) is 0. The molecule has 73 valence electrons. The van der Waals surface area contributed by atoms with Crippen molar-refractivity contribution < 1.29 is 0 Å². The Kier molecular flexibility index (Phi) is 6.58. The van der Waals surface area contributed by atoms with Crippen LogP contribution in [0, 0.1) is 6.08 Å². The molecule has 0 aromatic rings. The monoisotopic (exact) mass is 177 g/mol. The number of rotatable bonds is 0. The van der Waals surface area contributed by atoms with E-state index in [1.165, 1.54) is 57.8 Å². The number of allylic oxidation sites excluding steroid dienone is 4. The van der Waals surface area contributed by atoms with Crippen molar-refractivity contribution in [2.45, 2.75) is 57.8 Å². The molecule has 0 heteroatoms. The minimum atomic E-state index is 1.21. The van der Waals surface area contributed by atoms with Crippen LogP contribution >= 0.6 is 0 Å². The van der Waals surface area contributed by atoms with E-state index in [2.05, 4.69) is 24.3 Å². The molecule has 0 saturated heterocycles. The quantitative estimate of drug-likeness (QED) is 0.513. The summed E-state index contributed by atoms with van der Waals surface area (Å²) in [6.45, 7) is 0. The van der Waals surface area contributed by atoms with Gasteiger partial charge in [-0.05, 0) is 31.8 Å². The lowest BCUT2D eigenvalue weighted by Gasteiger charge is -1.99. The summed E-state index contributed by atoms with van der Waals surface area (Å²) in [5.74, 6) is 0. The molecule has 0 unspecified atom stereocenters. The Morgan fingerprint density at radius 2 is 1.31 bits per heavy atom. The molecule has 0 amide bonds. The highest BCUT2D eigenvalue weighted by Gasteiger charge is 1.91. The summed E-state index contributed by atoms with van der Waals surface area (Å²) in [4.78, 5) is 0. The van der Waals surface area contributed by atoms with E-state index in [1.54, 1.807) is 0 Å². The molecular weight excluding hydrogens is 156 g/mol. The van der Waals surface area contributed by atoms with Gasteiger partial charge in [-0.25, -0.2) is 0 Å². The first-order chi connectivity index (χ1) is 6.50. The van der Waals surface area contributed by atoms with Gasteiger partial charge in [0.2, 0.25) is 0 Å². The van der Waals surface area contributed by atoms with Gasteiger partial charge in [-0.2, -0.15) is 0 Å². The Labute approximate surface area is 82.7 Å². The fourth-order valence-corrected chi connectivity index (χ4v) is 1.70. The molecule has 0 atom stereocenters. The second kappa shape index (κ2) is 8.10. The maximum absolute atomic E-state index is 3.22. The SMILES string of the molecule is [C]1=CCCCCCCCCCC=C1. The van der Waals surface area contributed by atoms with Crippen molar-refractivity contribution in [2.75, 3.05) is 0 Å². The van der Waals surface area contributed by atoms with Gasteiger partial charge in [0.05, 0.1) is 0 Å². The van der Waals surface area contributed by atoms with E-state index in [0.29, 0.717) is 0 Å². The third-order valence-corrected chi connectivity index (χ3v) is 2.55. The topological polar surface area (TPSA) is 0 Å². The summed E-state index contributed by atoms with van der Waals surface area (Å²) in [6.07, 6.45) is 22.0. The average molecular weight is 177 g/mol. The number of hydrogen-bond acceptors (Lipinski definition) is 0. The highest BCUT2D eigenvalue weighted by Crippen LogP contribution is 2.10. The lowest BCUT2D eigenvalue weighted by molar-refractivity contribution is 0.584. The Hall–Kier alpha value is -0.520. The van der Waals surface area contributed by atoms with Crippen molar-refractivity contribution in [1.82, 2.24) is 0 Å². The van der Waals surface area contributed by atoms with Gasteiger partial charge < -0.3 is 0 Å². The lowest BCUT2D eigenvalue weighted by atomic mass is 10.1. The predicted molar refractivity (Wildman–Crippen MR) is 58.5 cm³/mol. The van der Waals surface area contributed by atoms with Crippen molar-refractivity contribution in [3.63, 3.8) is 0 Å². The zero-order chi connectivity index (χ0) is 9.19. The van der Waals surface area contributed by atoms with Crippen LogP contribution in [0.4, 0.5) is 0 Å². The van der Waals surface area contributed by atoms with Gasteiger partial charge in [0.15, 0.2) is 0 Å². The first kappa shape index (κ1) is 10.6. The molecule has 1 rings (SSSR count). The molecule has 0 saturated carbocycles. The van der Waals surface area contributed by atoms with Crippen LogP contribution in [-0.2, 0) is 0 Å². The molecule has 0 aromatic carbocycles. The molecule has 0 spiro atoms. The Morgan fingerprint density at radius 1 is 0.692 bits per heavy atom. The van der Waals surface area contributed by atoms with Crippen LogP contribution in [0.5, 0.6) is 0 Å². The molecule has 0 fully saturated rings. The van der Waals surface area contributed by atoms with Crippen LogP contribution in [-0.4, -0.2) is 0 Å². The van der Waals surface area contributed by atoms with Gasteiger partial charge in [-0.15, -0.1) is 0 Å². The van der Waals surface area contributed by atoms with Crippen molar-refractivity contribution in [3.8, 4) is 0 Å². The van der Waals surface area contributed by atoms with Crippen LogP contribution in [0.1, 0.15) is 57.8 Å². The highest BCUT2D eigenvalue weighted by atomic mass is 14.0. The molecule has 1 aliphatic rings. The third-order valence-electron chi connectivity index (χ3n) is 2.55. The second-order valence-corrected chi connectivity index (χ2v) is 3.83. The molecule has 1 radical (unpaired) electrons. The molecule has 1 aliphatic carbocycles. The Morgan fingerprint density at radius 3 is 2.08 bits per heavy atom. The van der Waals surface area contributed by atoms with Crippen molar-refractivity contribution in [2.24, 2.45) is 0 Å². The Bertz CT molecular complexity index is 135. The van der Waals surface area contributed by atoms with Crippen LogP contribution in [0.15, 0.2) is 18.2 Å². The summed E-state index contributed by atoms with van der Waals surface area (Å²) in [6, 6.07) is 0. The summed E-state index contributed by atoms with van der Waals surface area (Å²) < 4.78 is 0. The van der Waals surface area contributed by atoms with E-state index in [9.17, 15) is 0 Å². The number of hydrogen-bond donors (Lipinski definition) is 0. The fraction of sp³-hybridized carbons (Fsp3) is 0.692. The first-order valence-electron chi connectivity index (χ1n) is 5.73. The maximum Gasteiger partial charge on any atom is -0.0230 e. The Balaban J connectivity index is 2.18. The van der Waals surface area contributed by atoms with E-state index in [-0.39, 0.29) is 0 Å². The maximum atomic E-state index is 3.22. The smallest absolute Gasteiger partial charge is 0.0230 e. The summed E-state index contributed by atoms with van der Waals surface area (Å²) in [5, 5.41) is 0. The van der Waals surface area contributed by atoms with Crippen LogP contribution in [0.25, 0.3) is 0 Å². The largest absolute Gasteiger partial charge is 0.0839 e. The zero-order valence-corrected chi connectivity index (χ0v) is 8.60. The lowest BCUT2D eigenvalue weighted by Crippen LogP contribution is -1.79. The zero-order valence-electron chi connectivity index (χ0n) is 8.60. The van der Waals surface area contributed by atoms with E-state index < -0.39 is 0 Å². The third kappa shape index (κ3) is 6.62. The fourth-order valence-electron chi connectivity index (χ4n) is 1.70. The van der Waals surface area contributed by atoms with Crippen LogP contribution < -0.4 is 0 Å². The van der Waals surface area contributed by atoms with Crippen molar-refractivity contribution >= 4 is 0 Å². The molecule has 0 nitrogen and oxygen atoms in total. The van der Waals surface area contributed by atoms with Gasteiger partial charge in [-0.3, -0.25) is 0 Å². The second-order valence-electron chi connectivity index (χ2n) is 3.83. The molecule has 0 heterocycles. The van der Waals surface area contributed by atoms with Crippen LogP contribution in [0.3, 0.4) is 0 Å². The minimum absolute atomic E-state index is 1.21. The van der Waals surface area contributed by atoms with Gasteiger partial charge in [0, 0.05) is 0 Å². The normalized spacial score (nSPS) is 21.5. The summed E-state index contributed by atoms with van der Waals surface area (Å²) >= 11 is 0.